The van der Waals surface area contributed by atoms with Crippen LogP contribution < -0.4 is 5.73 Å². The van der Waals surface area contributed by atoms with Crippen LogP contribution in [0.3, 0.4) is 0 Å². The van der Waals surface area contributed by atoms with Crippen LogP contribution >= 0.6 is 27.7 Å². The maximum Gasteiger partial charge on any atom is 0.193 e. The minimum absolute atomic E-state index is 0.0358. The van der Waals surface area contributed by atoms with Gasteiger partial charge in [-0.3, -0.25) is 0 Å². The number of amidine groups is 1. The molecule has 0 fully saturated rings. The zero-order chi connectivity index (χ0) is 13.0. The van der Waals surface area contributed by atoms with E-state index >= 15 is 0 Å². The minimum Gasteiger partial charge on any atom is -0.409 e. The molecular weight excluding hydrogens is 316 g/mol. The summed E-state index contributed by atoms with van der Waals surface area (Å²) in [5, 5.41) is 12.0. The molecule has 3 N–H and O–H groups in total. The molecule has 0 bridgehead atoms. The van der Waals surface area contributed by atoms with Crippen LogP contribution in [-0.2, 0) is 0 Å². The van der Waals surface area contributed by atoms with Gasteiger partial charge in [-0.15, -0.1) is 0 Å². The summed E-state index contributed by atoms with van der Waals surface area (Å²) in [6.07, 6.45) is 1.57. The second-order valence-corrected chi connectivity index (χ2v) is 5.11. The van der Waals surface area contributed by atoms with Crippen molar-refractivity contribution in [2.75, 3.05) is 0 Å². The van der Waals surface area contributed by atoms with Gasteiger partial charge in [0.05, 0.1) is 0 Å². The van der Waals surface area contributed by atoms with Gasteiger partial charge in [0.2, 0.25) is 0 Å². The normalized spacial score (nSPS) is 11.5. The topological polar surface area (TPSA) is 84.4 Å². The van der Waals surface area contributed by atoms with Crippen molar-refractivity contribution in [1.29, 1.82) is 0 Å². The summed E-state index contributed by atoms with van der Waals surface area (Å²) < 4.78 is 0.966. The molecule has 0 saturated heterocycles. The molecule has 0 spiro atoms. The van der Waals surface area contributed by atoms with E-state index in [2.05, 4.69) is 31.1 Å². The van der Waals surface area contributed by atoms with E-state index in [4.69, 9.17) is 10.9 Å². The zero-order valence-electron chi connectivity index (χ0n) is 9.12. The monoisotopic (exact) mass is 324 g/mol. The van der Waals surface area contributed by atoms with Crippen LogP contribution in [-0.4, -0.2) is 21.0 Å². The van der Waals surface area contributed by atoms with Crippen molar-refractivity contribution in [3.05, 3.63) is 46.7 Å². The molecular formula is C11H9BrN4OS. The first-order chi connectivity index (χ1) is 8.70. The lowest BCUT2D eigenvalue weighted by Gasteiger charge is -2.03. The molecule has 7 heteroatoms. The number of hydrogen-bond donors (Lipinski definition) is 2. The molecule has 2 rings (SSSR count). The summed E-state index contributed by atoms with van der Waals surface area (Å²) in [6, 6.07) is 9.34. The first-order valence-corrected chi connectivity index (χ1v) is 6.55. The highest BCUT2D eigenvalue weighted by Crippen LogP contribution is 2.30. The smallest absolute Gasteiger partial charge is 0.193 e. The van der Waals surface area contributed by atoms with Crippen molar-refractivity contribution in [2.24, 2.45) is 10.9 Å². The van der Waals surface area contributed by atoms with Gasteiger partial charge in [-0.2, -0.15) is 0 Å². The Labute approximate surface area is 116 Å². The molecule has 1 aromatic carbocycles. The third-order valence-corrected chi connectivity index (χ3v) is 3.95. The van der Waals surface area contributed by atoms with E-state index in [1.165, 1.54) is 11.8 Å². The van der Waals surface area contributed by atoms with E-state index in [0.717, 1.165) is 9.37 Å². The van der Waals surface area contributed by atoms with E-state index in [9.17, 15) is 0 Å². The Balaban J connectivity index is 2.28. The fourth-order valence-corrected chi connectivity index (χ4v) is 2.50. The third kappa shape index (κ3) is 2.99. The number of oxime groups is 1. The van der Waals surface area contributed by atoms with Crippen molar-refractivity contribution in [3.8, 4) is 0 Å². The van der Waals surface area contributed by atoms with Crippen LogP contribution in [0.1, 0.15) is 5.69 Å². The number of halogens is 1. The van der Waals surface area contributed by atoms with Gasteiger partial charge in [-0.1, -0.05) is 17.3 Å². The second-order valence-electron chi connectivity index (χ2n) is 3.24. The molecule has 1 heterocycles. The first-order valence-electron chi connectivity index (χ1n) is 4.94. The second kappa shape index (κ2) is 5.83. The van der Waals surface area contributed by atoms with Crippen LogP contribution in [0.25, 0.3) is 0 Å². The quantitative estimate of drug-likeness (QED) is 0.298. The van der Waals surface area contributed by atoms with Crippen LogP contribution in [0.5, 0.6) is 0 Å². The van der Waals surface area contributed by atoms with Crippen molar-refractivity contribution >= 4 is 33.5 Å². The van der Waals surface area contributed by atoms with Gasteiger partial charge in [-0.05, 0) is 45.9 Å². The molecule has 0 aliphatic carbocycles. The lowest BCUT2D eigenvalue weighted by Crippen LogP contribution is -2.15. The Morgan fingerprint density at radius 2 is 2.11 bits per heavy atom. The maximum atomic E-state index is 8.60. The number of nitrogens with two attached hydrogens (primary N) is 1. The van der Waals surface area contributed by atoms with E-state index in [0.29, 0.717) is 10.9 Å². The molecule has 0 amide bonds. The van der Waals surface area contributed by atoms with Gasteiger partial charge in [0.15, 0.2) is 11.0 Å². The van der Waals surface area contributed by atoms with E-state index in [1.807, 2.05) is 24.3 Å². The van der Waals surface area contributed by atoms with Crippen molar-refractivity contribution in [3.63, 3.8) is 0 Å². The van der Waals surface area contributed by atoms with Crippen molar-refractivity contribution in [1.82, 2.24) is 9.97 Å². The SMILES string of the molecule is N/C(=N/O)c1ccnc(Sc2ccccc2Br)n1. The maximum absolute atomic E-state index is 8.60. The summed E-state index contributed by atoms with van der Waals surface area (Å²) in [7, 11) is 0. The standard InChI is InChI=1S/C11H9BrN4OS/c12-7-3-1-2-4-9(7)18-11-14-6-5-8(15-11)10(13)16-17/h1-6,17H,(H2,13,16). The Morgan fingerprint density at radius 3 is 2.83 bits per heavy atom. The molecule has 2 aromatic rings. The molecule has 0 aliphatic rings. The Bertz CT molecular complexity index is 591. The van der Waals surface area contributed by atoms with Crippen molar-refractivity contribution in [2.45, 2.75) is 10.1 Å². The predicted octanol–water partition coefficient (Wildman–Crippen LogP) is 2.48. The molecule has 5 nitrogen and oxygen atoms in total. The Hall–Kier alpha value is -1.60. The summed E-state index contributed by atoms with van der Waals surface area (Å²) in [5.41, 5.74) is 5.87. The number of aromatic nitrogens is 2. The van der Waals surface area contributed by atoms with Crippen LogP contribution in [0.4, 0.5) is 0 Å². The highest BCUT2D eigenvalue weighted by Gasteiger charge is 2.07. The number of nitrogens with zero attached hydrogens (tertiary/aromatic N) is 3. The van der Waals surface area contributed by atoms with Gasteiger partial charge in [0.25, 0.3) is 0 Å². The molecule has 1 aromatic heterocycles. The average Bonchev–Trinajstić information content (AvgIpc) is 2.41. The number of benzene rings is 1. The van der Waals surface area contributed by atoms with E-state index in [1.54, 1.807) is 12.3 Å². The highest BCUT2D eigenvalue weighted by atomic mass is 79.9. The van der Waals surface area contributed by atoms with Gasteiger partial charge < -0.3 is 10.9 Å². The minimum atomic E-state index is -0.0358. The average molecular weight is 325 g/mol. The third-order valence-electron chi connectivity index (χ3n) is 2.04. The Kier molecular flexibility index (Phi) is 4.16. The molecule has 0 unspecified atom stereocenters. The van der Waals surface area contributed by atoms with Crippen LogP contribution in [0, 0.1) is 0 Å². The summed E-state index contributed by atoms with van der Waals surface area (Å²) in [5.74, 6) is -0.0358. The van der Waals surface area contributed by atoms with Crippen LogP contribution in [0.15, 0.2) is 56.2 Å². The summed E-state index contributed by atoms with van der Waals surface area (Å²) >= 11 is 4.85. The van der Waals surface area contributed by atoms with Gasteiger partial charge in [-0.25, -0.2) is 9.97 Å². The lowest BCUT2D eigenvalue weighted by molar-refractivity contribution is 0.318. The molecule has 0 radical (unpaired) electrons. The fourth-order valence-electron chi connectivity index (χ4n) is 1.21. The number of hydrogen-bond acceptors (Lipinski definition) is 5. The molecule has 18 heavy (non-hydrogen) atoms. The van der Waals surface area contributed by atoms with E-state index in [-0.39, 0.29) is 5.84 Å². The van der Waals surface area contributed by atoms with Crippen molar-refractivity contribution < 1.29 is 5.21 Å². The van der Waals surface area contributed by atoms with Gasteiger partial charge in [0.1, 0.15) is 5.69 Å². The molecule has 0 atom stereocenters. The van der Waals surface area contributed by atoms with Crippen LogP contribution in [0.2, 0.25) is 0 Å². The molecule has 0 saturated carbocycles. The fraction of sp³-hybridized carbons (Fsp3) is 0. The summed E-state index contributed by atoms with van der Waals surface area (Å²) in [6.45, 7) is 0. The predicted molar refractivity (Wildman–Crippen MR) is 72.8 cm³/mol. The highest BCUT2D eigenvalue weighted by molar-refractivity contribution is 9.10. The number of rotatable bonds is 3. The molecule has 92 valence electrons. The Morgan fingerprint density at radius 1 is 1.33 bits per heavy atom. The largest absolute Gasteiger partial charge is 0.409 e. The van der Waals surface area contributed by atoms with E-state index < -0.39 is 0 Å². The summed E-state index contributed by atoms with van der Waals surface area (Å²) in [4.78, 5) is 9.32. The van der Waals surface area contributed by atoms with Gasteiger partial charge >= 0.3 is 0 Å². The lowest BCUT2D eigenvalue weighted by atomic mass is 10.4. The first kappa shape index (κ1) is 12.8. The zero-order valence-corrected chi connectivity index (χ0v) is 11.5. The molecule has 0 aliphatic heterocycles. The van der Waals surface area contributed by atoms with Gasteiger partial charge in [0, 0.05) is 15.6 Å².